The first kappa shape index (κ1) is 13.1. The van der Waals surface area contributed by atoms with Gasteiger partial charge in [0.15, 0.2) is 0 Å². The molecular formula is C13H12N4O4. The number of para-hydroxylation sites is 2. The number of hydrogen-bond donors (Lipinski definition) is 1. The summed E-state index contributed by atoms with van der Waals surface area (Å²) in [6.07, 6.45) is 0. The van der Waals surface area contributed by atoms with E-state index < -0.39 is 23.9 Å². The third kappa shape index (κ3) is 2.10. The number of aromatic nitrogens is 4. The molecular weight excluding hydrogens is 276 g/mol. The lowest BCUT2D eigenvalue weighted by Crippen LogP contribution is -2.41. The normalized spacial score (nSPS) is 11.1. The lowest BCUT2D eigenvalue weighted by molar-refractivity contribution is -0.144. The smallest absolute Gasteiger partial charge is 0.340 e. The highest BCUT2D eigenvalue weighted by Crippen LogP contribution is 2.11. The quantitative estimate of drug-likeness (QED) is 0.679. The first-order valence-electron chi connectivity index (χ1n) is 6.37. The Kier molecular flexibility index (Phi) is 3.05. The van der Waals surface area contributed by atoms with Crippen LogP contribution in [0.1, 0.15) is 6.92 Å². The third-order valence-electron chi connectivity index (χ3n) is 3.04. The first-order chi connectivity index (χ1) is 10.1. The van der Waals surface area contributed by atoms with Gasteiger partial charge in [-0.3, -0.25) is 9.78 Å². The fourth-order valence-corrected chi connectivity index (χ4v) is 2.15. The molecule has 0 aliphatic heterocycles. The number of nitrogens with one attached hydrogen (secondary N) is 1. The summed E-state index contributed by atoms with van der Waals surface area (Å²) in [6, 6.07) is 6.99. The van der Waals surface area contributed by atoms with Gasteiger partial charge in [0.1, 0.15) is 6.54 Å². The molecule has 0 unspecified atom stereocenters. The van der Waals surface area contributed by atoms with E-state index in [1.165, 1.54) is 4.40 Å². The van der Waals surface area contributed by atoms with Crippen LogP contribution < -0.4 is 11.4 Å². The Hall–Kier alpha value is -2.90. The minimum Gasteiger partial charge on any atom is -0.465 e. The highest BCUT2D eigenvalue weighted by molar-refractivity contribution is 5.79. The monoisotopic (exact) mass is 288 g/mol. The van der Waals surface area contributed by atoms with Crippen LogP contribution in [-0.4, -0.2) is 31.5 Å². The van der Waals surface area contributed by atoms with E-state index in [9.17, 15) is 14.4 Å². The average molecular weight is 288 g/mol. The van der Waals surface area contributed by atoms with Gasteiger partial charge in [-0.1, -0.05) is 12.1 Å². The topological polar surface area (TPSA) is 98.5 Å². The summed E-state index contributed by atoms with van der Waals surface area (Å²) in [4.78, 5) is 42.5. The summed E-state index contributed by atoms with van der Waals surface area (Å²) >= 11 is 0. The number of hydrogen-bond acceptors (Lipinski definition) is 5. The van der Waals surface area contributed by atoms with E-state index in [-0.39, 0.29) is 12.4 Å². The molecule has 0 atom stereocenters. The van der Waals surface area contributed by atoms with E-state index in [1.807, 2.05) is 0 Å². The summed E-state index contributed by atoms with van der Waals surface area (Å²) in [5.74, 6) is -0.500. The van der Waals surface area contributed by atoms with E-state index in [1.54, 1.807) is 31.2 Å². The van der Waals surface area contributed by atoms with Gasteiger partial charge in [-0.2, -0.15) is 0 Å². The van der Waals surface area contributed by atoms with Crippen molar-refractivity contribution in [2.45, 2.75) is 13.5 Å². The maximum atomic E-state index is 12.4. The van der Waals surface area contributed by atoms with Gasteiger partial charge in [-0.05, 0) is 19.1 Å². The molecule has 2 aromatic heterocycles. The second-order valence-corrected chi connectivity index (χ2v) is 4.36. The van der Waals surface area contributed by atoms with E-state index in [2.05, 4.69) is 9.97 Å². The fraction of sp³-hybridized carbons (Fsp3) is 0.231. The third-order valence-corrected chi connectivity index (χ3v) is 3.04. The van der Waals surface area contributed by atoms with Crippen molar-refractivity contribution in [2.24, 2.45) is 0 Å². The van der Waals surface area contributed by atoms with E-state index in [4.69, 9.17) is 4.74 Å². The van der Waals surface area contributed by atoms with Crippen LogP contribution in [-0.2, 0) is 16.1 Å². The van der Waals surface area contributed by atoms with Gasteiger partial charge >= 0.3 is 17.3 Å². The van der Waals surface area contributed by atoms with Gasteiger partial charge < -0.3 is 4.74 Å². The van der Waals surface area contributed by atoms with Crippen LogP contribution in [0.5, 0.6) is 0 Å². The summed E-state index contributed by atoms with van der Waals surface area (Å²) in [7, 11) is 0. The maximum absolute atomic E-state index is 12.4. The van der Waals surface area contributed by atoms with Crippen LogP contribution in [0.15, 0.2) is 33.9 Å². The van der Waals surface area contributed by atoms with Crippen molar-refractivity contribution in [3.63, 3.8) is 0 Å². The number of carbonyl (C=O) groups is 1. The number of imidazole rings is 1. The van der Waals surface area contributed by atoms with Gasteiger partial charge in [0.05, 0.1) is 17.6 Å². The summed E-state index contributed by atoms with van der Waals surface area (Å²) in [5.41, 5.74) is -0.183. The molecule has 8 nitrogen and oxygen atoms in total. The average Bonchev–Trinajstić information content (AvgIpc) is 2.81. The zero-order chi connectivity index (χ0) is 15.0. The highest BCUT2D eigenvalue weighted by Gasteiger charge is 2.14. The standard InChI is InChI=1S/C13H12N4O4/c1-2-21-10(18)7-16-12(19)15-11-14-8-5-3-4-6-9(8)17(11)13(16)20/h3-6H,2,7H2,1H3,(H,14,15,19). The molecule has 1 N–H and O–H groups in total. The molecule has 0 fully saturated rings. The highest BCUT2D eigenvalue weighted by atomic mass is 16.5. The van der Waals surface area contributed by atoms with Crippen LogP contribution in [0.25, 0.3) is 16.8 Å². The number of H-pyrrole nitrogens is 1. The summed E-state index contributed by atoms with van der Waals surface area (Å²) in [6.45, 7) is 1.39. The van der Waals surface area contributed by atoms with Gasteiger partial charge in [-0.15, -0.1) is 0 Å². The van der Waals surface area contributed by atoms with E-state index in [0.717, 1.165) is 4.57 Å². The van der Waals surface area contributed by atoms with Crippen molar-refractivity contribution < 1.29 is 9.53 Å². The zero-order valence-electron chi connectivity index (χ0n) is 11.2. The largest absolute Gasteiger partial charge is 0.465 e. The van der Waals surface area contributed by atoms with Crippen molar-refractivity contribution in [3.8, 4) is 0 Å². The molecule has 0 aliphatic carbocycles. The lowest BCUT2D eigenvalue weighted by Gasteiger charge is -2.04. The minimum atomic E-state index is -0.698. The molecule has 3 aromatic rings. The maximum Gasteiger partial charge on any atom is 0.340 e. The SMILES string of the molecule is CCOC(=O)Cn1c(=O)[nH]c2nc3ccccc3n2c1=O. The predicted octanol–water partition coefficient (Wildman–Crippen LogP) is -0.0994. The number of fused-ring (bicyclic) bond motifs is 3. The molecule has 3 rings (SSSR count). The van der Waals surface area contributed by atoms with Gasteiger partial charge in [0.25, 0.3) is 0 Å². The molecule has 2 heterocycles. The molecule has 0 bridgehead atoms. The first-order valence-corrected chi connectivity index (χ1v) is 6.37. The Labute approximate surface area is 117 Å². The van der Waals surface area contributed by atoms with Crippen LogP contribution in [0, 0.1) is 0 Å². The Morgan fingerprint density at radius 1 is 1.33 bits per heavy atom. The number of ether oxygens (including phenoxy) is 1. The van der Waals surface area contributed by atoms with Gasteiger partial charge in [0, 0.05) is 0 Å². The molecule has 1 aromatic carbocycles. The van der Waals surface area contributed by atoms with Gasteiger partial charge in [0.2, 0.25) is 5.78 Å². The van der Waals surface area contributed by atoms with Crippen molar-refractivity contribution in [3.05, 3.63) is 45.2 Å². The van der Waals surface area contributed by atoms with Crippen molar-refractivity contribution in [1.29, 1.82) is 0 Å². The zero-order valence-corrected chi connectivity index (χ0v) is 11.2. The molecule has 0 saturated heterocycles. The van der Waals surface area contributed by atoms with Crippen molar-refractivity contribution >= 4 is 22.8 Å². The number of esters is 1. The molecule has 0 saturated carbocycles. The molecule has 108 valence electrons. The molecule has 0 spiro atoms. The summed E-state index contributed by atoms with van der Waals surface area (Å²) in [5, 5.41) is 0. The van der Waals surface area contributed by atoms with Gasteiger partial charge in [-0.25, -0.2) is 23.5 Å². The fourth-order valence-electron chi connectivity index (χ4n) is 2.15. The number of rotatable bonds is 3. The minimum absolute atomic E-state index is 0.145. The summed E-state index contributed by atoms with van der Waals surface area (Å²) < 4.78 is 6.81. The number of benzene rings is 1. The number of nitrogens with zero attached hydrogens (tertiary/aromatic N) is 3. The van der Waals surface area contributed by atoms with E-state index >= 15 is 0 Å². The molecule has 8 heteroatoms. The van der Waals surface area contributed by atoms with Crippen molar-refractivity contribution in [2.75, 3.05) is 6.61 Å². The molecule has 21 heavy (non-hydrogen) atoms. The molecule has 0 amide bonds. The van der Waals surface area contributed by atoms with Crippen LogP contribution >= 0.6 is 0 Å². The number of aromatic amines is 1. The lowest BCUT2D eigenvalue weighted by atomic mass is 10.3. The van der Waals surface area contributed by atoms with Crippen LogP contribution in [0.3, 0.4) is 0 Å². The Bertz CT molecular complexity index is 950. The Morgan fingerprint density at radius 3 is 2.86 bits per heavy atom. The number of carbonyl (C=O) groups excluding carboxylic acids is 1. The molecule has 0 aliphatic rings. The Balaban J connectivity index is 2.27. The van der Waals surface area contributed by atoms with Crippen LogP contribution in [0.2, 0.25) is 0 Å². The predicted molar refractivity (Wildman–Crippen MR) is 74.2 cm³/mol. The second kappa shape index (κ2) is 4.89. The van der Waals surface area contributed by atoms with E-state index in [0.29, 0.717) is 11.0 Å². The molecule has 0 radical (unpaired) electrons. The van der Waals surface area contributed by atoms with Crippen LogP contribution in [0.4, 0.5) is 0 Å². The Morgan fingerprint density at radius 2 is 2.10 bits per heavy atom. The second-order valence-electron chi connectivity index (χ2n) is 4.36. The van der Waals surface area contributed by atoms with Crippen molar-refractivity contribution in [1.82, 2.24) is 18.9 Å².